The van der Waals surface area contributed by atoms with E-state index in [1.807, 2.05) is 77.6 Å². The number of rotatable bonds is 5. The van der Waals surface area contributed by atoms with E-state index in [9.17, 15) is 9.59 Å². The Kier molecular flexibility index (Phi) is 5.09. The summed E-state index contributed by atoms with van der Waals surface area (Å²) < 4.78 is 2.03. The minimum absolute atomic E-state index is 0.135. The van der Waals surface area contributed by atoms with E-state index in [4.69, 9.17) is 0 Å². The van der Waals surface area contributed by atoms with Crippen molar-refractivity contribution >= 4 is 29.3 Å². The molecule has 142 valence electrons. The van der Waals surface area contributed by atoms with E-state index in [1.54, 1.807) is 0 Å². The number of hydrogen-bond donors (Lipinski definition) is 0. The van der Waals surface area contributed by atoms with Crippen LogP contribution in [-0.2, 0) is 9.59 Å². The van der Waals surface area contributed by atoms with Crippen LogP contribution in [-0.4, -0.2) is 21.6 Å². The summed E-state index contributed by atoms with van der Waals surface area (Å²) in [4.78, 5) is 27.7. The molecule has 2 heterocycles. The summed E-state index contributed by atoms with van der Waals surface area (Å²) in [6, 6.07) is 19.7. The number of nitrogens with zero attached hydrogens (tertiary/aromatic N) is 2. The Morgan fingerprint density at radius 2 is 1.50 bits per heavy atom. The van der Waals surface area contributed by atoms with Crippen LogP contribution >= 0.6 is 11.8 Å². The molecular formula is C23H22N2O2S. The first-order chi connectivity index (χ1) is 13.5. The van der Waals surface area contributed by atoms with Crippen LogP contribution in [0.5, 0.6) is 0 Å². The van der Waals surface area contributed by atoms with E-state index in [2.05, 4.69) is 13.8 Å². The zero-order valence-corrected chi connectivity index (χ0v) is 16.7. The maximum absolute atomic E-state index is 12.9. The van der Waals surface area contributed by atoms with Crippen molar-refractivity contribution < 1.29 is 9.59 Å². The minimum Gasteiger partial charge on any atom is -0.324 e. The number of thioether (sulfide) groups is 1. The molecule has 2 amide bonds. The van der Waals surface area contributed by atoms with Gasteiger partial charge in [-0.25, -0.2) is 4.90 Å². The normalized spacial score (nSPS) is 17.0. The van der Waals surface area contributed by atoms with E-state index in [1.165, 1.54) is 22.2 Å². The zero-order valence-electron chi connectivity index (χ0n) is 15.9. The Morgan fingerprint density at radius 1 is 0.893 bits per heavy atom. The van der Waals surface area contributed by atoms with Crippen molar-refractivity contribution in [1.29, 1.82) is 0 Å². The summed E-state index contributed by atoms with van der Waals surface area (Å²) in [5.41, 5.74) is 2.91. The van der Waals surface area contributed by atoms with Crippen molar-refractivity contribution in [3.63, 3.8) is 0 Å². The molecule has 1 atom stereocenters. The number of carbonyl (C=O) groups is 2. The van der Waals surface area contributed by atoms with Gasteiger partial charge in [0.05, 0.1) is 10.9 Å². The Labute approximate surface area is 169 Å². The molecule has 1 saturated heterocycles. The zero-order chi connectivity index (χ0) is 19.7. The van der Waals surface area contributed by atoms with E-state index in [-0.39, 0.29) is 23.5 Å². The van der Waals surface area contributed by atoms with Gasteiger partial charge in [0.15, 0.2) is 0 Å². The van der Waals surface area contributed by atoms with E-state index in [0.29, 0.717) is 11.6 Å². The van der Waals surface area contributed by atoms with Gasteiger partial charge in [-0.15, -0.1) is 11.8 Å². The van der Waals surface area contributed by atoms with Crippen LogP contribution in [0, 0.1) is 0 Å². The molecule has 1 fully saturated rings. The summed E-state index contributed by atoms with van der Waals surface area (Å²) in [5.74, 6) is 0.141. The van der Waals surface area contributed by atoms with E-state index < -0.39 is 0 Å². The lowest BCUT2D eigenvalue weighted by atomic mass is 10.0. The number of benzene rings is 2. The monoisotopic (exact) mass is 390 g/mol. The quantitative estimate of drug-likeness (QED) is 0.574. The molecule has 1 unspecified atom stereocenters. The summed E-state index contributed by atoms with van der Waals surface area (Å²) in [7, 11) is 0. The van der Waals surface area contributed by atoms with Gasteiger partial charge in [0.2, 0.25) is 11.8 Å². The van der Waals surface area contributed by atoms with Gasteiger partial charge in [-0.3, -0.25) is 9.59 Å². The van der Waals surface area contributed by atoms with Crippen LogP contribution in [0.3, 0.4) is 0 Å². The number of imide groups is 1. The maximum atomic E-state index is 12.9. The van der Waals surface area contributed by atoms with Crippen LogP contribution in [0.2, 0.25) is 0 Å². The molecule has 4 rings (SSSR count). The number of carbonyl (C=O) groups excluding carboxylic acids is 2. The first kappa shape index (κ1) is 18.6. The number of aromatic nitrogens is 1. The summed E-state index contributed by atoms with van der Waals surface area (Å²) >= 11 is 1.45. The first-order valence-corrected chi connectivity index (χ1v) is 10.3. The van der Waals surface area contributed by atoms with E-state index >= 15 is 0 Å². The van der Waals surface area contributed by atoms with Crippen molar-refractivity contribution in [3.8, 4) is 5.69 Å². The number of hydrogen-bond acceptors (Lipinski definition) is 3. The SMILES string of the molecule is CC(C)c1ccc(N2C(=O)CC(Sc3ccc(-n4cccc4)cc3)C2=O)cc1. The second-order valence-electron chi connectivity index (χ2n) is 7.21. The lowest BCUT2D eigenvalue weighted by molar-refractivity contribution is -0.121. The Balaban J connectivity index is 1.48. The minimum atomic E-state index is -0.380. The predicted molar refractivity (Wildman–Crippen MR) is 113 cm³/mol. The van der Waals surface area contributed by atoms with Gasteiger partial charge < -0.3 is 4.57 Å². The number of amides is 2. The molecule has 1 aliphatic rings. The van der Waals surface area contributed by atoms with Gasteiger partial charge in [-0.1, -0.05) is 26.0 Å². The van der Waals surface area contributed by atoms with E-state index in [0.717, 1.165) is 10.6 Å². The second kappa shape index (κ2) is 7.68. The summed E-state index contributed by atoms with van der Waals surface area (Å²) in [5, 5.41) is -0.380. The highest BCUT2D eigenvalue weighted by molar-refractivity contribution is 8.00. The van der Waals surface area contributed by atoms with Gasteiger partial charge in [0.1, 0.15) is 0 Å². The van der Waals surface area contributed by atoms with Crippen LogP contribution < -0.4 is 4.90 Å². The van der Waals surface area contributed by atoms with Crippen molar-refractivity contribution in [3.05, 3.63) is 78.6 Å². The molecule has 0 bridgehead atoms. The summed E-state index contributed by atoms with van der Waals surface area (Å²) in [6.07, 6.45) is 4.21. The van der Waals surface area contributed by atoms with Gasteiger partial charge in [-0.05, 0) is 60.0 Å². The lowest BCUT2D eigenvalue weighted by Gasteiger charge is -2.16. The largest absolute Gasteiger partial charge is 0.324 e. The van der Waals surface area contributed by atoms with Crippen molar-refractivity contribution in [2.75, 3.05) is 4.90 Å². The van der Waals surface area contributed by atoms with Crippen molar-refractivity contribution in [1.82, 2.24) is 4.57 Å². The molecular weight excluding hydrogens is 368 g/mol. The van der Waals surface area contributed by atoms with Gasteiger partial charge >= 0.3 is 0 Å². The Morgan fingerprint density at radius 3 is 2.11 bits per heavy atom. The smallest absolute Gasteiger partial charge is 0.247 e. The molecule has 0 radical (unpaired) electrons. The van der Waals surface area contributed by atoms with Gasteiger partial charge in [0.25, 0.3) is 0 Å². The molecule has 2 aromatic carbocycles. The fourth-order valence-electron chi connectivity index (χ4n) is 3.34. The molecule has 0 saturated carbocycles. The second-order valence-corrected chi connectivity index (χ2v) is 8.48. The van der Waals surface area contributed by atoms with Crippen LogP contribution in [0.25, 0.3) is 5.69 Å². The van der Waals surface area contributed by atoms with Crippen LogP contribution in [0.1, 0.15) is 31.7 Å². The summed E-state index contributed by atoms with van der Waals surface area (Å²) in [6.45, 7) is 4.24. The predicted octanol–water partition coefficient (Wildman–Crippen LogP) is 5.02. The van der Waals surface area contributed by atoms with Crippen LogP contribution in [0.4, 0.5) is 5.69 Å². The third-order valence-corrected chi connectivity index (χ3v) is 6.14. The molecule has 1 aromatic heterocycles. The molecule has 0 aliphatic carbocycles. The van der Waals surface area contributed by atoms with Crippen molar-refractivity contribution in [2.45, 2.75) is 36.3 Å². The maximum Gasteiger partial charge on any atom is 0.247 e. The number of anilines is 1. The highest BCUT2D eigenvalue weighted by Crippen LogP contribution is 2.34. The molecule has 0 spiro atoms. The topological polar surface area (TPSA) is 42.3 Å². The van der Waals surface area contributed by atoms with Crippen molar-refractivity contribution in [2.24, 2.45) is 0 Å². The molecule has 3 aromatic rings. The molecule has 5 heteroatoms. The Bertz CT molecular complexity index is 976. The molecule has 4 nitrogen and oxygen atoms in total. The lowest BCUT2D eigenvalue weighted by Crippen LogP contribution is -2.31. The molecule has 28 heavy (non-hydrogen) atoms. The highest BCUT2D eigenvalue weighted by atomic mass is 32.2. The molecule has 0 N–H and O–H groups in total. The third-order valence-electron chi connectivity index (χ3n) is 4.94. The molecule has 1 aliphatic heterocycles. The van der Waals surface area contributed by atoms with Crippen LogP contribution in [0.15, 0.2) is 78.0 Å². The third kappa shape index (κ3) is 3.62. The van der Waals surface area contributed by atoms with Gasteiger partial charge in [-0.2, -0.15) is 0 Å². The standard InChI is InChI=1S/C23H22N2O2S/c1-16(2)17-5-7-19(8-6-17)25-22(26)15-21(23(25)27)28-20-11-9-18(10-12-20)24-13-3-4-14-24/h3-14,16,21H,15H2,1-2H3. The average molecular weight is 391 g/mol. The fourth-order valence-corrected chi connectivity index (χ4v) is 4.40. The van der Waals surface area contributed by atoms with Gasteiger partial charge in [0, 0.05) is 29.4 Å². The fraction of sp³-hybridized carbons (Fsp3) is 0.217. The average Bonchev–Trinajstić information content (AvgIpc) is 3.31. The Hall–Kier alpha value is -2.79. The first-order valence-electron chi connectivity index (χ1n) is 9.40. The highest BCUT2D eigenvalue weighted by Gasteiger charge is 2.40.